The minimum Gasteiger partial charge on any atom is -0.493 e. The van der Waals surface area contributed by atoms with Crippen molar-refractivity contribution < 1.29 is 14.3 Å². The number of methoxy groups -OCH3 is 2. The van der Waals surface area contributed by atoms with Crippen LogP contribution in [0.4, 0.5) is 5.13 Å². The van der Waals surface area contributed by atoms with Gasteiger partial charge in [0.05, 0.1) is 32.0 Å². The van der Waals surface area contributed by atoms with Gasteiger partial charge in [0.2, 0.25) is 5.91 Å². The Balaban J connectivity index is 1.42. The molecule has 0 saturated heterocycles. The molecule has 0 atom stereocenters. The third kappa shape index (κ3) is 4.47. The Kier molecular flexibility index (Phi) is 6.01. The summed E-state index contributed by atoms with van der Waals surface area (Å²) in [6.07, 6.45) is 1.88. The zero-order chi connectivity index (χ0) is 20.9. The van der Waals surface area contributed by atoms with Crippen LogP contribution in [0.2, 0.25) is 0 Å². The number of hydrogen-bond donors (Lipinski definition) is 1. The Labute approximate surface area is 181 Å². The maximum Gasteiger partial charge on any atom is 0.232 e. The van der Waals surface area contributed by atoms with Crippen molar-refractivity contribution >= 4 is 33.7 Å². The van der Waals surface area contributed by atoms with E-state index in [1.165, 1.54) is 22.7 Å². The second-order valence-corrected chi connectivity index (χ2v) is 7.91. The van der Waals surface area contributed by atoms with Gasteiger partial charge in [-0.3, -0.25) is 9.78 Å². The first kappa shape index (κ1) is 20.0. The van der Waals surface area contributed by atoms with E-state index in [0.717, 1.165) is 22.0 Å². The molecule has 1 aromatic carbocycles. The monoisotopic (exact) mass is 438 g/mol. The average Bonchev–Trinajstić information content (AvgIpc) is 3.43. The minimum atomic E-state index is -0.166. The summed E-state index contributed by atoms with van der Waals surface area (Å²) in [7, 11) is 3.19. The van der Waals surface area contributed by atoms with Crippen LogP contribution in [0.1, 0.15) is 5.69 Å². The standard InChI is InChI=1S/C21H18N4O3S2/c1-27-17-7-6-13(9-18(17)28-2)20-23-14(11-29-20)10-19(26)25-21-24-16(12-30-21)15-5-3-4-8-22-15/h3-9,11-12H,10H2,1-2H3,(H,24,25,26). The molecule has 0 aliphatic rings. The lowest BCUT2D eigenvalue weighted by Gasteiger charge is -2.08. The van der Waals surface area contributed by atoms with Crippen LogP contribution in [-0.4, -0.2) is 35.1 Å². The van der Waals surface area contributed by atoms with Crippen molar-refractivity contribution in [3.05, 3.63) is 59.0 Å². The van der Waals surface area contributed by atoms with E-state index in [0.29, 0.717) is 22.3 Å². The molecule has 0 fully saturated rings. The molecular formula is C21H18N4O3S2. The fourth-order valence-electron chi connectivity index (χ4n) is 2.78. The molecule has 0 saturated carbocycles. The van der Waals surface area contributed by atoms with Gasteiger partial charge < -0.3 is 14.8 Å². The van der Waals surface area contributed by atoms with Gasteiger partial charge in [0.1, 0.15) is 10.7 Å². The highest BCUT2D eigenvalue weighted by Gasteiger charge is 2.13. The molecule has 0 radical (unpaired) electrons. The Bertz CT molecular complexity index is 1160. The van der Waals surface area contributed by atoms with Crippen molar-refractivity contribution in [3.8, 4) is 33.5 Å². The first-order valence-corrected chi connectivity index (χ1v) is 10.8. The second-order valence-electron chi connectivity index (χ2n) is 6.19. The number of rotatable bonds is 7. The highest BCUT2D eigenvalue weighted by Crippen LogP contribution is 2.33. The Hall–Kier alpha value is -3.30. The van der Waals surface area contributed by atoms with Crippen molar-refractivity contribution in [1.29, 1.82) is 0 Å². The molecule has 1 amide bonds. The molecule has 0 aliphatic heterocycles. The summed E-state index contributed by atoms with van der Waals surface area (Å²) in [4.78, 5) is 25.7. The molecule has 152 valence electrons. The number of ether oxygens (including phenoxy) is 2. The van der Waals surface area contributed by atoms with E-state index in [1.807, 2.05) is 47.2 Å². The highest BCUT2D eigenvalue weighted by molar-refractivity contribution is 7.14. The molecule has 4 rings (SSSR count). The van der Waals surface area contributed by atoms with E-state index in [4.69, 9.17) is 9.47 Å². The van der Waals surface area contributed by atoms with E-state index < -0.39 is 0 Å². The third-order valence-corrected chi connectivity index (χ3v) is 5.90. The van der Waals surface area contributed by atoms with Gasteiger partial charge in [0, 0.05) is 22.5 Å². The maximum atomic E-state index is 12.4. The third-order valence-electron chi connectivity index (χ3n) is 4.20. The van der Waals surface area contributed by atoms with Crippen molar-refractivity contribution in [3.63, 3.8) is 0 Å². The van der Waals surface area contributed by atoms with Crippen molar-refractivity contribution in [1.82, 2.24) is 15.0 Å². The molecule has 1 N–H and O–H groups in total. The average molecular weight is 439 g/mol. The molecule has 0 aliphatic carbocycles. The number of benzene rings is 1. The number of anilines is 1. The van der Waals surface area contributed by atoms with Crippen LogP contribution in [0.3, 0.4) is 0 Å². The van der Waals surface area contributed by atoms with Crippen LogP contribution in [-0.2, 0) is 11.2 Å². The molecule has 0 bridgehead atoms. The van der Waals surface area contributed by atoms with Crippen LogP contribution < -0.4 is 14.8 Å². The van der Waals surface area contributed by atoms with Crippen LogP contribution in [0, 0.1) is 0 Å². The van der Waals surface area contributed by atoms with Crippen LogP contribution in [0.5, 0.6) is 11.5 Å². The van der Waals surface area contributed by atoms with Gasteiger partial charge in [-0.1, -0.05) is 6.07 Å². The zero-order valence-corrected chi connectivity index (χ0v) is 17.9. The molecule has 3 aromatic heterocycles. The van der Waals surface area contributed by atoms with Crippen molar-refractivity contribution in [2.45, 2.75) is 6.42 Å². The summed E-state index contributed by atoms with van der Waals surface area (Å²) in [6.45, 7) is 0. The first-order valence-electron chi connectivity index (χ1n) is 9.00. The van der Waals surface area contributed by atoms with Gasteiger partial charge >= 0.3 is 0 Å². The lowest BCUT2D eigenvalue weighted by molar-refractivity contribution is -0.115. The lowest BCUT2D eigenvalue weighted by Crippen LogP contribution is -2.14. The van der Waals surface area contributed by atoms with Crippen molar-refractivity contribution in [2.24, 2.45) is 0 Å². The number of aromatic nitrogens is 3. The van der Waals surface area contributed by atoms with E-state index in [9.17, 15) is 4.79 Å². The predicted molar refractivity (Wildman–Crippen MR) is 118 cm³/mol. The molecule has 4 aromatic rings. The summed E-state index contributed by atoms with van der Waals surface area (Å²) in [5.41, 5.74) is 3.11. The zero-order valence-electron chi connectivity index (χ0n) is 16.3. The summed E-state index contributed by atoms with van der Waals surface area (Å²) in [6, 6.07) is 11.3. The largest absolute Gasteiger partial charge is 0.493 e. The number of nitrogens with zero attached hydrogens (tertiary/aromatic N) is 3. The van der Waals surface area contributed by atoms with Gasteiger partial charge in [-0.25, -0.2) is 9.97 Å². The molecule has 30 heavy (non-hydrogen) atoms. The smallest absolute Gasteiger partial charge is 0.232 e. The molecule has 7 nitrogen and oxygen atoms in total. The summed E-state index contributed by atoms with van der Waals surface area (Å²) < 4.78 is 10.6. The Morgan fingerprint density at radius 2 is 1.87 bits per heavy atom. The Morgan fingerprint density at radius 3 is 2.63 bits per heavy atom. The number of pyridine rings is 1. The summed E-state index contributed by atoms with van der Waals surface area (Å²) >= 11 is 2.84. The number of hydrogen-bond acceptors (Lipinski definition) is 8. The molecule has 9 heteroatoms. The van der Waals surface area contributed by atoms with Crippen molar-refractivity contribution in [2.75, 3.05) is 19.5 Å². The minimum absolute atomic E-state index is 0.166. The highest BCUT2D eigenvalue weighted by atomic mass is 32.1. The van der Waals surface area contributed by atoms with E-state index >= 15 is 0 Å². The van der Waals surface area contributed by atoms with Crippen LogP contribution in [0.15, 0.2) is 53.4 Å². The SMILES string of the molecule is COc1ccc(-c2nc(CC(=O)Nc3nc(-c4ccccn4)cs3)cs2)cc1OC. The van der Waals surface area contributed by atoms with Crippen LogP contribution >= 0.6 is 22.7 Å². The molecule has 3 heterocycles. The van der Waals surface area contributed by atoms with E-state index in [2.05, 4.69) is 20.3 Å². The number of thiazole rings is 2. The Morgan fingerprint density at radius 1 is 1.00 bits per heavy atom. The number of amides is 1. The van der Waals surface area contributed by atoms with Gasteiger partial charge in [-0.05, 0) is 30.3 Å². The van der Waals surface area contributed by atoms with Gasteiger partial charge in [0.15, 0.2) is 16.6 Å². The van der Waals surface area contributed by atoms with Gasteiger partial charge in [0.25, 0.3) is 0 Å². The normalized spacial score (nSPS) is 10.6. The van der Waals surface area contributed by atoms with Gasteiger partial charge in [-0.15, -0.1) is 22.7 Å². The lowest BCUT2D eigenvalue weighted by atomic mass is 10.2. The first-order chi connectivity index (χ1) is 14.7. The fourth-order valence-corrected chi connectivity index (χ4v) is 4.32. The maximum absolute atomic E-state index is 12.4. The number of carbonyl (C=O) groups excluding carboxylic acids is 1. The summed E-state index contributed by atoms with van der Waals surface area (Å²) in [5.74, 6) is 1.13. The van der Waals surface area contributed by atoms with Gasteiger partial charge in [-0.2, -0.15) is 0 Å². The molecular weight excluding hydrogens is 420 g/mol. The second kappa shape index (κ2) is 9.02. The fraction of sp³-hybridized carbons (Fsp3) is 0.143. The molecule has 0 spiro atoms. The van der Waals surface area contributed by atoms with E-state index in [1.54, 1.807) is 20.4 Å². The molecule has 0 unspecified atom stereocenters. The quantitative estimate of drug-likeness (QED) is 0.456. The van der Waals surface area contributed by atoms with E-state index in [-0.39, 0.29) is 12.3 Å². The number of carbonyl (C=O) groups is 1. The number of nitrogens with one attached hydrogen (secondary N) is 1. The summed E-state index contributed by atoms with van der Waals surface area (Å²) in [5, 5.41) is 7.93. The topological polar surface area (TPSA) is 86.2 Å². The van der Waals surface area contributed by atoms with Crippen LogP contribution in [0.25, 0.3) is 22.0 Å². The predicted octanol–water partition coefficient (Wildman–Crippen LogP) is 4.53.